The van der Waals surface area contributed by atoms with Gasteiger partial charge in [0, 0.05) is 31.9 Å². The van der Waals surface area contributed by atoms with E-state index in [9.17, 15) is 13.2 Å². The molecule has 1 aliphatic heterocycles. The van der Waals surface area contributed by atoms with Gasteiger partial charge in [-0.15, -0.1) is 0 Å². The summed E-state index contributed by atoms with van der Waals surface area (Å²) >= 11 is 0. The Morgan fingerprint density at radius 2 is 1.55 bits per heavy atom. The molecule has 2 heterocycles. The molecule has 2 aromatic carbocycles. The van der Waals surface area contributed by atoms with Crippen LogP contribution in [0.2, 0.25) is 0 Å². The maximum absolute atomic E-state index is 12.9. The van der Waals surface area contributed by atoms with Gasteiger partial charge in [0.05, 0.1) is 0 Å². The average Bonchev–Trinajstić information content (AvgIpc) is 3.13. The first kappa shape index (κ1) is 21.1. The van der Waals surface area contributed by atoms with Crippen molar-refractivity contribution in [1.82, 2.24) is 14.4 Å². The van der Waals surface area contributed by atoms with Gasteiger partial charge in [-0.2, -0.15) is 4.31 Å². The fraction of sp³-hybridized carbons (Fsp3) is 0.273. The van der Waals surface area contributed by atoms with Crippen molar-refractivity contribution in [2.24, 2.45) is 0 Å². The zero-order valence-corrected chi connectivity index (χ0v) is 18.2. The molecule has 0 saturated carbocycles. The number of hydrogen-bond donors (Lipinski definition) is 1. The van der Waals surface area contributed by atoms with Gasteiger partial charge in [0.1, 0.15) is 10.6 Å². The van der Waals surface area contributed by atoms with Gasteiger partial charge in [0.2, 0.25) is 10.0 Å². The first-order valence-corrected chi connectivity index (χ1v) is 11.4. The molecule has 1 fully saturated rings. The third-order valence-corrected chi connectivity index (χ3v) is 7.48. The first-order valence-electron chi connectivity index (χ1n) is 10.0. The molecule has 1 N–H and O–H groups in total. The number of benzene rings is 2. The number of urea groups is 1. The summed E-state index contributed by atoms with van der Waals surface area (Å²) in [6, 6.07) is 17.4. The van der Waals surface area contributed by atoms with Crippen molar-refractivity contribution in [3.63, 3.8) is 0 Å². The Hall–Kier alpha value is -3.17. The van der Waals surface area contributed by atoms with Crippen LogP contribution < -0.4 is 5.32 Å². The molecule has 162 valence electrons. The summed E-state index contributed by atoms with van der Waals surface area (Å²) in [4.78, 5) is 14.4. The van der Waals surface area contributed by atoms with Crippen LogP contribution in [0.15, 0.2) is 64.0 Å². The highest BCUT2D eigenvalue weighted by molar-refractivity contribution is 7.89. The number of amides is 2. The van der Waals surface area contributed by atoms with Gasteiger partial charge in [0.15, 0.2) is 5.76 Å². The Morgan fingerprint density at radius 3 is 2.13 bits per heavy atom. The van der Waals surface area contributed by atoms with E-state index in [-0.39, 0.29) is 29.8 Å². The number of sulfonamides is 1. The highest BCUT2D eigenvalue weighted by atomic mass is 32.2. The highest BCUT2D eigenvalue weighted by Gasteiger charge is 2.34. The summed E-state index contributed by atoms with van der Waals surface area (Å²) in [5.74, 6) is 0.275. The lowest BCUT2D eigenvalue weighted by molar-refractivity contribution is 0.184. The van der Waals surface area contributed by atoms with E-state index in [1.54, 1.807) is 18.7 Å². The first-order chi connectivity index (χ1) is 14.9. The van der Waals surface area contributed by atoms with E-state index in [1.807, 2.05) is 54.6 Å². The summed E-state index contributed by atoms with van der Waals surface area (Å²) in [6.45, 7) is 4.22. The topological polar surface area (TPSA) is 95.8 Å². The molecule has 4 rings (SSSR count). The molecule has 1 aromatic heterocycles. The van der Waals surface area contributed by atoms with Crippen molar-refractivity contribution in [2.45, 2.75) is 18.7 Å². The zero-order valence-electron chi connectivity index (χ0n) is 17.4. The average molecular weight is 441 g/mol. The number of nitrogens with zero attached hydrogens (tertiary/aromatic N) is 3. The van der Waals surface area contributed by atoms with E-state index in [0.717, 1.165) is 11.1 Å². The molecular weight excluding hydrogens is 416 g/mol. The molecule has 31 heavy (non-hydrogen) atoms. The third kappa shape index (κ3) is 4.33. The zero-order chi connectivity index (χ0) is 22.0. The van der Waals surface area contributed by atoms with Crippen molar-refractivity contribution in [3.8, 4) is 11.1 Å². The third-order valence-electron chi connectivity index (χ3n) is 5.33. The van der Waals surface area contributed by atoms with E-state index in [2.05, 4.69) is 10.5 Å². The van der Waals surface area contributed by atoms with Gasteiger partial charge in [0.25, 0.3) is 0 Å². The van der Waals surface area contributed by atoms with Gasteiger partial charge >= 0.3 is 6.03 Å². The maximum atomic E-state index is 12.9. The Morgan fingerprint density at radius 1 is 0.935 bits per heavy atom. The molecular formula is C22H24N4O4S. The fourth-order valence-electron chi connectivity index (χ4n) is 3.68. The lowest BCUT2D eigenvalue weighted by Crippen LogP contribution is -2.51. The molecule has 0 spiro atoms. The second-order valence-corrected chi connectivity index (χ2v) is 9.29. The Kier molecular flexibility index (Phi) is 5.79. The molecule has 1 saturated heterocycles. The van der Waals surface area contributed by atoms with E-state index < -0.39 is 10.0 Å². The Balaban J connectivity index is 1.36. The van der Waals surface area contributed by atoms with E-state index >= 15 is 0 Å². The lowest BCUT2D eigenvalue weighted by atomic mass is 10.1. The van der Waals surface area contributed by atoms with Crippen LogP contribution in [0.25, 0.3) is 11.1 Å². The van der Waals surface area contributed by atoms with Crippen LogP contribution in [0.5, 0.6) is 0 Å². The number of piperazine rings is 1. The summed E-state index contributed by atoms with van der Waals surface area (Å²) in [5, 5.41) is 6.62. The van der Waals surface area contributed by atoms with Crippen LogP contribution in [-0.4, -0.2) is 55.0 Å². The number of anilines is 1. The monoisotopic (exact) mass is 440 g/mol. The number of carbonyl (C=O) groups is 1. The molecule has 9 heteroatoms. The van der Waals surface area contributed by atoms with Gasteiger partial charge in [-0.05, 0) is 37.1 Å². The SMILES string of the molecule is Cc1noc(C)c1S(=O)(=O)N1CCN(C(=O)Nc2ccc(-c3ccccc3)cc2)CC1. The summed E-state index contributed by atoms with van der Waals surface area (Å²) < 4.78 is 32.2. The minimum atomic E-state index is -3.70. The van der Waals surface area contributed by atoms with Crippen molar-refractivity contribution in [2.75, 3.05) is 31.5 Å². The Bertz CT molecular complexity index is 1150. The minimum Gasteiger partial charge on any atom is -0.360 e. The number of hydrogen-bond acceptors (Lipinski definition) is 5. The van der Waals surface area contributed by atoms with Crippen molar-refractivity contribution < 1.29 is 17.7 Å². The van der Waals surface area contributed by atoms with Crippen LogP contribution in [0.1, 0.15) is 11.5 Å². The fourth-order valence-corrected chi connectivity index (χ4v) is 5.40. The van der Waals surface area contributed by atoms with Crippen LogP contribution in [0, 0.1) is 13.8 Å². The lowest BCUT2D eigenvalue weighted by Gasteiger charge is -2.33. The smallest absolute Gasteiger partial charge is 0.321 e. The molecule has 0 atom stereocenters. The van der Waals surface area contributed by atoms with E-state index in [4.69, 9.17) is 4.52 Å². The molecule has 2 amide bonds. The van der Waals surface area contributed by atoms with Crippen molar-refractivity contribution >= 4 is 21.7 Å². The number of aromatic nitrogens is 1. The maximum Gasteiger partial charge on any atom is 0.321 e. The standard InChI is InChI=1S/C22H24N4O4S/c1-16-21(17(2)30-24-16)31(28,29)26-14-12-25(13-15-26)22(27)23-20-10-8-19(9-11-20)18-6-4-3-5-7-18/h3-11H,12-15H2,1-2H3,(H,23,27). The summed E-state index contributed by atoms with van der Waals surface area (Å²) in [6.07, 6.45) is 0. The van der Waals surface area contributed by atoms with Crippen LogP contribution >= 0.6 is 0 Å². The summed E-state index contributed by atoms with van der Waals surface area (Å²) in [5.41, 5.74) is 3.21. The molecule has 0 radical (unpaired) electrons. The van der Waals surface area contributed by atoms with Crippen molar-refractivity contribution in [1.29, 1.82) is 0 Å². The predicted molar refractivity (Wildman–Crippen MR) is 117 cm³/mol. The molecule has 3 aromatic rings. The normalized spacial score (nSPS) is 15.1. The quantitative estimate of drug-likeness (QED) is 0.670. The molecule has 0 bridgehead atoms. The van der Waals surface area contributed by atoms with Crippen LogP contribution in [-0.2, 0) is 10.0 Å². The summed E-state index contributed by atoms with van der Waals surface area (Å²) in [7, 11) is -3.70. The number of aryl methyl sites for hydroxylation is 2. The van der Waals surface area contributed by atoms with Gasteiger partial charge in [-0.25, -0.2) is 13.2 Å². The van der Waals surface area contributed by atoms with Crippen LogP contribution in [0.3, 0.4) is 0 Å². The van der Waals surface area contributed by atoms with Gasteiger partial charge < -0.3 is 14.7 Å². The molecule has 8 nitrogen and oxygen atoms in total. The highest BCUT2D eigenvalue weighted by Crippen LogP contribution is 2.25. The Labute approximate surface area is 181 Å². The second-order valence-electron chi connectivity index (χ2n) is 7.42. The second kappa shape index (κ2) is 8.52. The minimum absolute atomic E-state index is 0.115. The van der Waals surface area contributed by atoms with E-state index in [0.29, 0.717) is 24.5 Å². The number of rotatable bonds is 4. The largest absolute Gasteiger partial charge is 0.360 e. The molecule has 1 aliphatic rings. The molecule has 0 unspecified atom stereocenters. The van der Waals surface area contributed by atoms with Gasteiger partial charge in [-0.3, -0.25) is 0 Å². The predicted octanol–water partition coefficient (Wildman–Crippen LogP) is 3.50. The number of carbonyl (C=O) groups excluding carboxylic acids is 1. The number of nitrogens with one attached hydrogen (secondary N) is 1. The van der Waals surface area contributed by atoms with Gasteiger partial charge in [-0.1, -0.05) is 47.6 Å². The van der Waals surface area contributed by atoms with Crippen molar-refractivity contribution in [3.05, 3.63) is 66.1 Å². The van der Waals surface area contributed by atoms with Crippen LogP contribution in [0.4, 0.5) is 10.5 Å². The molecule has 0 aliphatic carbocycles. The van der Waals surface area contributed by atoms with E-state index in [1.165, 1.54) is 4.31 Å².